The van der Waals surface area contributed by atoms with E-state index < -0.39 is 18.0 Å². The Bertz CT molecular complexity index is 511. The van der Waals surface area contributed by atoms with E-state index >= 15 is 0 Å². The van der Waals surface area contributed by atoms with Crippen molar-refractivity contribution in [1.29, 1.82) is 0 Å². The third-order valence-corrected chi connectivity index (χ3v) is 3.30. The molecule has 0 aliphatic carbocycles. The first-order valence-corrected chi connectivity index (χ1v) is 7.01. The number of aliphatic hydroxyl groups is 1. The van der Waals surface area contributed by atoms with Crippen molar-refractivity contribution in [2.45, 2.75) is 18.9 Å². The first-order valence-electron chi connectivity index (χ1n) is 6.26. The molecular formula is C13H16Cl2N2O4. The second kappa shape index (κ2) is 8.71. The minimum Gasteiger partial charge on any atom is -0.480 e. The number of urea groups is 1. The van der Waals surface area contributed by atoms with Gasteiger partial charge in [-0.2, -0.15) is 0 Å². The molecule has 0 bridgehead atoms. The summed E-state index contributed by atoms with van der Waals surface area (Å²) in [6.07, 6.45) is 0.437. The van der Waals surface area contributed by atoms with Crippen LogP contribution in [-0.4, -0.2) is 41.4 Å². The van der Waals surface area contributed by atoms with Crippen LogP contribution >= 0.6 is 23.2 Å². The van der Waals surface area contributed by atoms with Crippen molar-refractivity contribution >= 4 is 35.2 Å². The Morgan fingerprint density at radius 1 is 1.29 bits per heavy atom. The van der Waals surface area contributed by atoms with Crippen molar-refractivity contribution in [2.24, 2.45) is 0 Å². The van der Waals surface area contributed by atoms with E-state index in [1.54, 1.807) is 18.2 Å². The average Bonchev–Trinajstić information content (AvgIpc) is 2.40. The summed E-state index contributed by atoms with van der Waals surface area (Å²) in [4.78, 5) is 22.4. The Balaban J connectivity index is 2.41. The first kappa shape index (κ1) is 17.6. The van der Waals surface area contributed by atoms with E-state index in [1.165, 1.54) is 0 Å². The average molecular weight is 335 g/mol. The van der Waals surface area contributed by atoms with E-state index in [-0.39, 0.29) is 13.0 Å². The van der Waals surface area contributed by atoms with Gasteiger partial charge in [-0.1, -0.05) is 29.3 Å². The van der Waals surface area contributed by atoms with Crippen LogP contribution in [0.25, 0.3) is 0 Å². The molecule has 4 N–H and O–H groups in total. The van der Waals surface area contributed by atoms with Gasteiger partial charge in [0.15, 0.2) is 0 Å². The molecule has 0 saturated carbocycles. The van der Waals surface area contributed by atoms with E-state index in [2.05, 4.69) is 10.6 Å². The summed E-state index contributed by atoms with van der Waals surface area (Å²) < 4.78 is 0. The van der Waals surface area contributed by atoms with Crippen molar-refractivity contribution in [1.82, 2.24) is 10.6 Å². The van der Waals surface area contributed by atoms with E-state index in [9.17, 15) is 9.59 Å². The number of nitrogens with one attached hydrogen (secondary N) is 2. The van der Waals surface area contributed by atoms with E-state index in [4.69, 9.17) is 33.4 Å². The predicted octanol–water partition coefficient (Wildman–Crippen LogP) is 1.67. The summed E-state index contributed by atoms with van der Waals surface area (Å²) in [6, 6.07) is 3.34. The van der Waals surface area contributed by atoms with Gasteiger partial charge in [0.1, 0.15) is 6.04 Å². The quantitative estimate of drug-likeness (QED) is 0.609. The topological polar surface area (TPSA) is 98.7 Å². The van der Waals surface area contributed by atoms with Crippen LogP contribution in [0.5, 0.6) is 0 Å². The van der Waals surface area contributed by atoms with Crippen LogP contribution in [0.15, 0.2) is 18.2 Å². The molecule has 1 aromatic carbocycles. The number of amides is 2. The van der Waals surface area contributed by atoms with Gasteiger partial charge in [-0.15, -0.1) is 0 Å². The maximum atomic E-state index is 11.5. The number of carboxylic acid groups (broad SMARTS) is 1. The minimum atomic E-state index is -1.19. The number of hydrogen-bond donors (Lipinski definition) is 4. The fourth-order valence-electron chi connectivity index (χ4n) is 1.63. The molecule has 0 spiro atoms. The standard InChI is InChI=1S/C13H16Cl2N2O4/c14-9-2-1-8(10(15)7-9)3-5-16-13(21)17-11(4-6-18)12(19)20/h1-2,7,11,18H,3-6H2,(H,19,20)(H2,16,17,21). The van der Waals surface area contributed by atoms with Crippen LogP contribution < -0.4 is 10.6 Å². The van der Waals surface area contributed by atoms with Gasteiger partial charge in [0.25, 0.3) is 0 Å². The number of rotatable bonds is 7. The summed E-state index contributed by atoms with van der Waals surface area (Å²) in [7, 11) is 0. The van der Waals surface area contributed by atoms with Gasteiger partial charge >= 0.3 is 12.0 Å². The largest absolute Gasteiger partial charge is 0.480 e. The molecule has 0 heterocycles. The highest BCUT2D eigenvalue weighted by atomic mass is 35.5. The molecule has 0 aromatic heterocycles. The van der Waals surface area contributed by atoms with Crippen LogP contribution in [0.2, 0.25) is 10.0 Å². The van der Waals surface area contributed by atoms with Gasteiger partial charge in [-0.3, -0.25) is 0 Å². The number of benzene rings is 1. The van der Waals surface area contributed by atoms with Gasteiger partial charge < -0.3 is 20.8 Å². The van der Waals surface area contributed by atoms with E-state index in [1.807, 2.05) is 0 Å². The van der Waals surface area contributed by atoms with Crippen LogP contribution in [-0.2, 0) is 11.2 Å². The Labute approximate surface area is 132 Å². The maximum absolute atomic E-state index is 11.5. The number of carboxylic acids is 1. The molecule has 1 rings (SSSR count). The molecule has 0 aliphatic heterocycles. The van der Waals surface area contributed by atoms with Crippen molar-refractivity contribution in [3.05, 3.63) is 33.8 Å². The Kier molecular flexibility index (Phi) is 7.28. The number of hydrogen-bond acceptors (Lipinski definition) is 3. The zero-order chi connectivity index (χ0) is 15.8. The fraction of sp³-hybridized carbons (Fsp3) is 0.385. The number of halogens is 2. The number of carbonyl (C=O) groups excluding carboxylic acids is 1. The molecule has 1 atom stereocenters. The van der Waals surface area contributed by atoms with Gasteiger partial charge in [0.2, 0.25) is 0 Å². The number of carbonyl (C=O) groups is 2. The van der Waals surface area contributed by atoms with Gasteiger partial charge in [-0.05, 0) is 24.1 Å². The van der Waals surface area contributed by atoms with E-state index in [0.717, 1.165) is 5.56 Å². The predicted molar refractivity (Wildman–Crippen MR) is 79.8 cm³/mol. The number of aliphatic hydroxyl groups excluding tert-OH is 1. The maximum Gasteiger partial charge on any atom is 0.326 e. The third-order valence-electron chi connectivity index (χ3n) is 2.72. The molecule has 8 heteroatoms. The normalized spacial score (nSPS) is 11.8. The highest BCUT2D eigenvalue weighted by Gasteiger charge is 2.18. The van der Waals surface area contributed by atoms with Crippen LogP contribution in [0.4, 0.5) is 4.79 Å². The Hall–Kier alpha value is -1.50. The lowest BCUT2D eigenvalue weighted by atomic mass is 10.1. The van der Waals surface area contributed by atoms with E-state index in [0.29, 0.717) is 23.0 Å². The number of aliphatic carboxylic acids is 1. The summed E-state index contributed by atoms with van der Waals surface area (Å²) in [5.74, 6) is -1.19. The molecule has 0 fully saturated rings. The summed E-state index contributed by atoms with van der Waals surface area (Å²) >= 11 is 11.8. The molecule has 6 nitrogen and oxygen atoms in total. The Morgan fingerprint density at radius 2 is 2.00 bits per heavy atom. The zero-order valence-electron chi connectivity index (χ0n) is 11.1. The van der Waals surface area contributed by atoms with Gasteiger partial charge in [0, 0.05) is 29.6 Å². The molecule has 0 saturated heterocycles. The van der Waals surface area contributed by atoms with Crippen molar-refractivity contribution in [2.75, 3.05) is 13.2 Å². The molecule has 21 heavy (non-hydrogen) atoms. The second-order valence-electron chi connectivity index (χ2n) is 4.29. The molecule has 0 aliphatic rings. The molecule has 1 unspecified atom stereocenters. The van der Waals surface area contributed by atoms with Crippen molar-refractivity contribution in [3.8, 4) is 0 Å². The van der Waals surface area contributed by atoms with Gasteiger partial charge in [0.05, 0.1) is 0 Å². The van der Waals surface area contributed by atoms with Crippen molar-refractivity contribution < 1.29 is 19.8 Å². The van der Waals surface area contributed by atoms with Crippen molar-refractivity contribution in [3.63, 3.8) is 0 Å². The lowest BCUT2D eigenvalue weighted by molar-refractivity contribution is -0.139. The minimum absolute atomic E-state index is 0.0498. The molecule has 116 valence electrons. The smallest absolute Gasteiger partial charge is 0.326 e. The molecule has 0 radical (unpaired) electrons. The monoisotopic (exact) mass is 334 g/mol. The highest BCUT2D eigenvalue weighted by Crippen LogP contribution is 2.20. The lowest BCUT2D eigenvalue weighted by Crippen LogP contribution is -2.46. The summed E-state index contributed by atoms with van der Waals surface area (Å²) in [6.45, 7) is -0.0315. The second-order valence-corrected chi connectivity index (χ2v) is 5.13. The summed E-state index contributed by atoms with van der Waals surface area (Å²) in [5.41, 5.74) is 0.825. The first-order chi connectivity index (χ1) is 9.93. The zero-order valence-corrected chi connectivity index (χ0v) is 12.6. The van der Waals surface area contributed by atoms with Crippen LogP contribution in [0.3, 0.4) is 0 Å². The van der Waals surface area contributed by atoms with Crippen LogP contribution in [0, 0.1) is 0 Å². The third kappa shape index (κ3) is 6.20. The van der Waals surface area contributed by atoms with Gasteiger partial charge in [-0.25, -0.2) is 9.59 Å². The highest BCUT2D eigenvalue weighted by molar-refractivity contribution is 6.35. The summed E-state index contributed by atoms with van der Waals surface area (Å²) in [5, 5.41) is 23.4. The Morgan fingerprint density at radius 3 is 2.57 bits per heavy atom. The SMILES string of the molecule is O=C(NCCc1ccc(Cl)cc1Cl)NC(CCO)C(=O)O. The molecule has 2 amide bonds. The molecule has 1 aromatic rings. The van der Waals surface area contributed by atoms with Crippen LogP contribution in [0.1, 0.15) is 12.0 Å². The fourth-order valence-corrected chi connectivity index (χ4v) is 2.13. The lowest BCUT2D eigenvalue weighted by Gasteiger charge is -2.14. The molecular weight excluding hydrogens is 319 g/mol.